The van der Waals surface area contributed by atoms with Crippen LogP contribution in [0.5, 0.6) is 0 Å². The van der Waals surface area contributed by atoms with Gasteiger partial charge >= 0.3 is 0 Å². The summed E-state index contributed by atoms with van der Waals surface area (Å²) in [5, 5.41) is 5.94. The molecule has 39 heavy (non-hydrogen) atoms. The standard InChI is InChI=1S/C36H25BSSi/c1-4-14-26(15-5-1)29-20-12-22-31-36(29)38-32-23-13-25-34-35(32)37(31)30-21-10-11-24-33(30)39(34,27-16-6-2-7-17-27)28-18-8-3-9-19-28/h1-25H. The highest BCUT2D eigenvalue weighted by Crippen LogP contribution is 2.37. The van der Waals surface area contributed by atoms with E-state index in [-0.39, 0.29) is 6.71 Å². The van der Waals surface area contributed by atoms with Gasteiger partial charge in [0.15, 0.2) is 8.07 Å². The number of hydrogen-bond donors (Lipinski definition) is 0. The molecule has 2 aliphatic rings. The lowest BCUT2D eigenvalue weighted by Gasteiger charge is -2.45. The summed E-state index contributed by atoms with van der Waals surface area (Å²) in [6, 6.07) is 56.8. The monoisotopic (exact) mass is 528 g/mol. The highest BCUT2D eigenvalue weighted by molar-refractivity contribution is 8.00. The molecule has 0 atom stereocenters. The molecule has 0 N–H and O–H groups in total. The molecule has 3 heteroatoms. The average Bonchev–Trinajstić information content (AvgIpc) is 3.02. The van der Waals surface area contributed by atoms with E-state index in [1.54, 1.807) is 0 Å². The van der Waals surface area contributed by atoms with Crippen molar-refractivity contribution < 1.29 is 0 Å². The predicted molar refractivity (Wildman–Crippen MR) is 171 cm³/mol. The minimum atomic E-state index is -2.54. The molecule has 2 aliphatic heterocycles. The summed E-state index contributed by atoms with van der Waals surface area (Å²) < 4.78 is 0. The summed E-state index contributed by atoms with van der Waals surface area (Å²) >= 11 is 1.96. The van der Waals surface area contributed by atoms with Crippen molar-refractivity contribution in [1.29, 1.82) is 0 Å². The maximum atomic E-state index is 2.45. The van der Waals surface area contributed by atoms with E-state index >= 15 is 0 Å². The maximum absolute atomic E-state index is 2.54. The molecular formula is C36H25BSSi. The SMILES string of the molecule is c1ccc(-c2cccc3c2Sc2cccc4c2B3c2ccccc2[Si]4(c2ccccc2)c2ccccc2)cc1. The Bertz CT molecular complexity index is 1790. The largest absolute Gasteiger partial charge is 0.243 e. The smallest absolute Gasteiger partial charge is 0.0905 e. The third kappa shape index (κ3) is 3.27. The first-order valence-electron chi connectivity index (χ1n) is 13.6. The van der Waals surface area contributed by atoms with E-state index in [0.717, 1.165) is 0 Å². The molecule has 8 rings (SSSR count). The molecule has 2 heterocycles. The molecule has 0 unspecified atom stereocenters. The molecule has 6 aromatic rings. The zero-order chi connectivity index (χ0) is 25.8. The van der Waals surface area contributed by atoms with Crippen molar-refractivity contribution in [3.8, 4) is 11.1 Å². The predicted octanol–water partition coefficient (Wildman–Crippen LogP) is 4.03. The number of rotatable bonds is 3. The van der Waals surface area contributed by atoms with E-state index < -0.39 is 8.07 Å². The average molecular weight is 529 g/mol. The summed E-state index contributed by atoms with van der Waals surface area (Å²) in [5.74, 6) is 0. The van der Waals surface area contributed by atoms with Gasteiger partial charge in [-0.3, -0.25) is 0 Å². The normalized spacial score (nSPS) is 14.2. The first-order chi connectivity index (χ1) is 19.4. The first-order valence-corrected chi connectivity index (χ1v) is 16.4. The fourth-order valence-corrected chi connectivity index (χ4v) is 13.7. The van der Waals surface area contributed by atoms with Crippen LogP contribution < -0.4 is 37.1 Å². The van der Waals surface area contributed by atoms with Crippen LogP contribution >= 0.6 is 11.8 Å². The van der Waals surface area contributed by atoms with Gasteiger partial charge in [-0.05, 0) is 37.9 Å². The van der Waals surface area contributed by atoms with Crippen LogP contribution in [-0.2, 0) is 0 Å². The van der Waals surface area contributed by atoms with Crippen LogP contribution in [0, 0.1) is 0 Å². The molecule has 0 saturated carbocycles. The highest BCUT2D eigenvalue weighted by Gasteiger charge is 2.51. The van der Waals surface area contributed by atoms with Gasteiger partial charge in [0, 0.05) is 9.79 Å². The van der Waals surface area contributed by atoms with E-state index in [0.29, 0.717) is 0 Å². The highest BCUT2D eigenvalue weighted by atomic mass is 32.2. The quantitative estimate of drug-likeness (QED) is 0.312. The Labute approximate surface area is 235 Å². The Balaban J connectivity index is 1.49. The van der Waals surface area contributed by atoms with Gasteiger partial charge in [-0.15, -0.1) is 0 Å². The molecular weight excluding hydrogens is 503 g/mol. The second kappa shape index (κ2) is 9.01. The van der Waals surface area contributed by atoms with Crippen molar-refractivity contribution in [2.75, 3.05) is 0 Å². The van der Waals surface area contributed by atoms with Crippen molar-refractivity contribution in [3.05, 3.63) is 152 Å². The molecule has 0 nitrogen and oxygen atoms in total. The molecule has 0 fully saturated rings. The lowest BCUT2D eigenvalue weighted by atomic mass is 9.36. The zero-order valence-corrected chi connectivity index (χ0v) is 23.2. The van der Waals surface area contributed by atoms with Crippen molar-refractivity contribution in [1.82, 2.24) is 0 Å². The minimum Gasteiger partial charge on any atom is -0.0905 e. The van der Waals surface area contributed by atoms with Gasteiger partial charge in [-0.25, -0.2) is 0 Å². The number of hydrogen-bond acceptors (Lipinski definition) is 1. The summed E-state index contributed by atoms with van der Waals surface area (Å²) in [6.45, 7) is 0.223. The van der Waals surface area contributed by atoms with E-state index in [1.165, 1.54) is 58.1 Å². The van der Waals surface area contributed by atoms with Gasteiger partial charge in [0.1, 0.15) is 0 Å². The fourth-order valence-electron chi connectivity index (χ4n) is 6.99. The Morgan fingerprint density at radius 2 is 1.03 bits per heavy atom. The molecule has 6 aromatic carbocycles. The zero-order valence-electron chi connectivity index (χ0n) is 21.4. The van der Waals surface area contributed by atoms with Crippen molar-refractivity contribution in [2.45, 2.75) is 9.79 Å². The summed E-state index contributed by atoms with van der Waals surface area (Å²) in [4.78, 5) is 2.79. The van der Waals surface area contributed by atoms with Crippen LogP contribution in [0.15, 0.2) is 161 Å². The van der Waals surface area contributed by atoms with Gasteiger partial charge < -0.3 is 0 Å². The Morgan fingerprint density at radius 1 is 0.462 bits per heavy atom. The third-order valence-electron chi connectivity index (χ3n) is 8.50. The van der Waals surface area contributed by atoms with E-state index in [2.05, 4.69) is 152 Å². The summed E-state index contributed by atoms with van der Waals surface area (Å²) in [7, 11) is -2.54. The van der Waals surface area contributed by atoms with Crippen molar-refractivity contribution in [2.24, 2.45) is 0 Å². The molecule has 0 saturated heterocycles. The van der Waals surface area contributed by atoms with Gasteiger partial charge in [0.25, 0.3) is 0 Å². The summed E-state index contributed by atoms with van der Waals surface area (Å²) in [5.41, 5.74) is 7.01. The molecule has 0 amide bonds. The lowest BCUT2D eigenvalue weighted by molar-refractivity contribution is 1.43. The van der Waals surface area contributed by atoms with Gasteiger partial charge in [-0.1, -0.05) is 174 Å². The topological polar surface area (TPSA) is 0 Å². The molecule has 0 aromatic heterocycles. The molecule has 0 aliphatic carbocycles. The number of fused-ring (bicyclic) bond motifs is 4. The Hall–Kier alpha value is -4.05. The van der Waals surface area contributed by atoms with Gasteiger partial charge in [-0.2, -0.15) is 0 Å². The number of benzene rings is 6. The van der Waals surface area contributed by atoms with Crippen LogP contribution in [0.2, 0.25) is 0 Å². The van der Waals surface area contributed by atoms with Crippen LogP contribution in [0.25, 0.3) is 11.1 Å². The summed E-state index contributed by atoms with van der Waals surface area (Å²) in [6.07, 6.45) is 0. The van der Waals surface area contributed by atoms with Gasteiger partial charge in [0.05, 0.1) is 0 Å². The van der Waals surface area contributed by atoms with Gasteiger partial charge in [0.2, 0.25) is 6.71 Å². The second-order valence-electron chi connectivity index (χ2n) is 10.4. The van der Waals surface area contributed by atoms with E-state index in [4.69, 9.17) is 0 Å². The molecule has 182 valence electrons. The van der Waals surface area contributed by atoms with Crippen molar-refractivity contribution in [3.63, 3.8) is 0 Å². The lowest BCUT2D eigenvalue weighted by Crippen LogP contribution is -2.87. The van der Waals surface area contributed by atoms with Crippen LogP contribution in [-0.4, -0.2) is 14.8 Å². The minimum absolute atomic E-state index is 0.223. The maximum Gasteiger partial charge on any atom is 0.243 e. The Kier molecular flexibility index (Phi) is 5.29. The second-order valence-corrected chi connectivity index (χ2v) is 15.2. The third-order valence-corrected chi connectivity index (χ3v) is 14.6. The van der Waals surface area contributed by atoms with E-state index in [1.807, 2.05) is 11.8 Å². The van der Waals surface area contributed by atoms with Crippen LogP contribution in [0.1, 0.15) is 0 Å². The van der Waals surface area contributed by atoms with Crippen LogP contribution in [0.4, 0.5) is 0 Å². The van der Waals surface area contributed by atoms with Crippen LogP contribution in [0.3, 0.4) is 0 Å². The molecule has 0 bridgehead atoms. The first kappa shape index (κ1) is 22.9. The Morgan fingerprint density at radius 3 is 1.74 bits per heavy atom. The molecule has 0 spiro atoms. The molecule has 0 radical (unpaired) electrons. The fraction of sp³-hybridized carbons (Fsp3) is 0. The van der Waals surface area contributed by atoms with E-state index in [9.17, 15) is 0 Å². The van der Waals surface area contributed by atoms with Crippen molar-refractivity contribution >= 4 is 63.7 Å².